The molecule has 1 aliphatic rings. The van der Waals surface area contributed by atoms with Gasteiger partial charge in [0.25, 0.3) is 5.91 Å². The van der Waals surface area contributed by atoms with E-state index in [4.69, 9.17) is 0 Å². The summed E-state index contributed by atoms with van der Waals surface area (Å²) in [7, 11) is 0. The molecule has 0 fully saturated rings. The molecule has 0 saturated heterocycles. The van der Waals surface area contributed by atoms with E-state index < -0.39 is 0 Å². The van der Waals surface area contributed by atoms with E-state index in [1.54, 1.807) is 6.33 Å². The number of nitrogens with zero attached hydrogens (tertiary/aromatic N) is 2. The molecule has 2 N–H and O–H groups in total. The minimum atomic E-state index is -0.135. The summed E-state index contributed by atoms with van der Waals surface area (Å²) < 4.78 is 0. The Hall–Kier alpha value is -2.69. The highest BCUT2D eigenvalue weighted by Crippen LogP contribution is 2.10. The maximum atomic E-state index is 12.1. The van der Waals surface area contributed by atoms with Crippen molar-refractivity contribution in [3.05, 3.63) is 59.3 Å². The highest BCUT2D eigenvalue weighted by Gasteiger charge is 2.18. The van der Waals surface area contributed by atoms with Crippen LogP contribution in [0.15, 0.2) is 47.3 Å². The number of hydrogen-bond acceptors (Lipinski definition) is 3. The van der Waals surface area contributed by atoms with E-state index in [-0.39, 0.29) is 5.91 Å². The van der Waals surface area contributed by atoms with Crippen molar-refractivity contribution < 1.29 is 4.79 Å². The third-order valence-electron chi connectivity index (χ3n) is 3.37. The first kappa shape index (κ1) is 13.3. The number of amides is 1. The highest BCUT2D eigenvalue weighted by molar-refractivity contribution is 6.40. The summed E-state index contributed by atoms with van der Waals surface area (Å²) in [4.78, 5) is 23.7. The van der Waals surface area contributed by atoms with Gasteiger partial charge >= 0.3 is 0 Å². The molecule has 0 radical (unpaired) electrons. The Balaban J connectivity index is 1.75. The molecular weight excluding hydrogens is 264 g/mol. The molecule has 0 aliphatic carbocycles. The Morgan fingerprint density at radius 1 is 1.29 bits per heavy atom. The number of nitrogens with one attached hydrogen (secondary N) is 2. The second kappa shape index (κ2) is 5.75. The monoisotopic (exact) mass is 280 g/mol. The number of benzene rings is 1. The van der Waals surface area contributed by atoms with Crippen molar-refractivity contribution >= 4 is 17.7 Å². The van der Waals surface area contributed by atoms with Gasteiger partial charge in [-0.25, -0.2) is 4.98 Å². The smallest absolute Gasteiger partial charge is 0.269 e. The van der Waals surface area contributed by atoms with Gasteiger partial charge in [0.05, 0.1) is 18.6 Å². The van der Waals surface area contributed by atoms with Crippen molar-refractivity contribution in [3.8, 4) is 0 Å². The maximum Gasteiger partial charge on any atom is 0.269 e. The van der Waals surface area contributed by atoms with E-state index >= 15 is 0 Å². The zero-order chi connectivity index (χ0) is 14.7. The van der Waals surface area contributed by atoms with Crippen LogP contribution in [0.5, 0.6) is 0 Å². The van der Waals surface area contributed by atoms with Crippen molar-refractivity contribution in [1.82, 2.24) is 15.3 Å². The Kier molecular flexibility index (Phi) is 3.64. The van der Waals surface area contributed by atoms with Gasteiger partial charge in [0.2, 0.25) is 0 Å². The Morgan fingerprint density at radius 2 is 2.10 bits per heavy atom. The Labute approximate surface area is 122 Å². The number of aromatic nitrogens is 2. The number of H-pyrrole nitrogens is 1. The second-order valence-electron chi connectivity index (χ2n) is 4.96. The van der Waals surface area contributed by atoms with E-state index in [2.05, 4.69) is 20.3 Å². The van der Waals surface area contributed by atoms with Gasteiger partial charge in [0.15, 0.2) is 0 Å². The lowest BCUT2D eigenvalue weighted by atomic mass is 10.1. The molecule has 1 amide bonds. The molecule has 21 heavy (non-hydrogen) atoms. The molecule has 2 heterocycles. The molecular formula is C16H16N4O. The molecule has 106 valence electrons. The molecule has 1 aromatic heterocycles. The standard InChI is InChI=1S/C16H16N4O/c1-11-14(19-10-18-11)8-13-9-17-15(16(21)20-13)7-12-5-3-2-4-6-12/h2-6,8,10H,7,9H2,1H3,(H,18,19)(H,20,21)/b13-8-. The highest BCUT2D eigenvalue weighted by atomic mass is 16.2. The van der Waals surface area contributed by atoms with E-state index in [0.29, 0.717) is 18.7 Å². The summed E-state index contributed by atoms with van der Waals surface area (Å²) in [6.45, 7) is 2.41. The number of hydrogen-bond donors (Lipinski definition) is 2. The van der Waals surface area contributed by atoms with E-state index in [9.17, 15) is 4.79 Å². The molecule has 0 saturated carbocycles. The van der Waals surface area contributed by atoms with Crippen LogP contribution in [0, 0.1) is 6.92 Å². The first-order valence-electron chi connectivity index (χ1n) is 6.81. The van der Waals surface area contributed by atoms with E-state index in [0.717, 1.165) is 22.6 Å². The maximum absolute atomic E-state index is 12.1. The second-order valence-corrected chi connectivity index (χ2v) is 4.96. The predicted molar refractivity (Wildman–Crippen MR) is 81.9 cm³/mol. The largest absolute Gasteiger partial charge is 0.348 e. The molecule has 1 aromatic carbocycles. The molecule has 0 atom stereocenters. The van der Waals surface area contributed by atoms with Crippen molar-refractivity contribution in [2.24, 2.45) is 4.99 Å². The van der Waals surface area contributed by atoms with Crippen molar-refractivity contribution in [2.75, 3.05) is 6.54 Å². The lowest BCUT2D eigenvalue weighted by molar-refractivity contribution is -0.114. The van der Waals surface area contributed by atoms with Gasteiger partial charge in [0, 0.05) is 17.8 Å². The molecule has 3 rings (SSSR count). The number of aromatic amines is 1. The van der Waals surface area contributed by atoms with Crippen LogP contribution in [0.4, 0.5) is 0 Å². The Bertz CT molecular complexity index is 713. The van der Waals surface area contributed by atoms with Crippen molar-refractivity contribution in [2.45, 2.75) is 13.3 Å². The van der Waals surface area contributed by atoms with Crippen molar-refractivity contribution in [1.29, 1.82) is 0 Å². The van der Waals surface area contributed by atoms with Crippen LogP contribution in [0.2, 0.25) is 0 Å². The third-order valence-corrected chi connectivity index (χ3v) is 3.37. The topological polar surface area (TPSA) is 70.1 Å². The number of rotatable bonds is 3. The fourth-order valence-electron chi connectivity index (χ4n) is 2.20. The molecule has 0 spiro atoms. The summed E-state index contributed by atoms with van der Waals surface area (Å²) >= 11 is 0. The SMILES string of the molecule is Cc1[nH]cnc1/C=C1/CN=C(Cc2ccccc2)C(=O)N1. The summed E-state index contributed by atoms with van der Waals surface area (Å²) in [5.41, 5.74) is 4.22. The zero-order valence-electron chi connectivity index (χ0n) is 11.8. The predicted octanol–water partition coefficient (Wildman–Crippen LogP) is 1.87. The quantitative estimate of drug-likeness (QED) is 0.901. The van der Waals surface area contributed by atoms with Crippen LogP contribution >= 0.6 is 0 Å². The summed E-state index contributed by atoms with van der Waals surface area (Å²) in [5, 5.41) is 2.89. The lowest BCUT2D eigenvalue weighted by Crippen LogP contribution is -2.36. The molecule has 0 unspecified atom stereocenters. The summed E-state index contributed by atoms with van der Waals surface area (Å²) in [6.07, 6.45) is 4.05. The average molecular weight is 280 g/mol. The summed E-state index contributed by atoms with van der Waals surface area (Å²) in [5.74, 6) is -0.135. The normalized spacial score (nSPS) is 16.7. The molecule has 5 heteroatoms. The van der Waals surface area contributed by atoms with Gasteiger partial charge in [-0.1, -0.05) is 30.3 Å². The lowest BCUT2D eigenvalue weighted by Gasteiger charge is -2.16. The van der Waals surface area contributed by atoms with Crippen LogP contribution in [-0.2, 0) is 11.2 Å². The minimum absolute atomic E-state index is 0.135. The van der Waals surface area contributed by atoms with Gasteiger partial charge in [0.1, 0.15) is 5.71 Å². The number of imidazole rings is 1. The number of carbonyl (C=O) groups is 1. The molecule has 1 aliphatic heterocycles. The molecule has 5 nitrogen and oxygen atoms in total. The first-order valence-corrected chi connectivity index (χ1v) is 6.81. The fourth-order valence-corrected chi connectivity index (χ4v) is 2.20. The zero-order valence-corrected chi connectivity index (χ0v) is 11.8. The van der Waals surface area contributed by atoms with Crippen molar-refractivity contribution in [3.63, 3.8) is 0 Å². The number of aliphatic imine (C=N–C) groups is 1. The van der Waals surface area contributed by atoms with Gasteiger partial charge in [-0.15, -0.1) is 0 Å². The van der Waals surface area contributed by atoms with E-state index in [1.165, 1.54) is 0 Å². The molecule has 0 bridgehead atoms. The first-order chi connectivity index (χ1) is 10.2. The number of carbonyl (C=O) groups excluding carboxylic acids is 1. The average Bonchev–Trinajstić information content (AvgIpc) is 2.88. The van der Waals surface area contributed by atoms with Gasteiger partial charge in [-0.3, -0.25) is 9.79 Å². The van der Waals surface area contributed by atoms with Crippen LogP contribution in [-0.4, -0.2) is 28.1 Å². The third kappa shape index (κ3) is 3.08. The number of aryl methyl sites for hydroxylation is 1. The van der Waals surface area contributed by atoms with E-state index in [1.807, 2.05) is 43.3 Å². The minimum Gasteiger partial charge on any atom is -0.348 e. The van der Waals surface area contributed by atoms with Gasteiger partial charge < -0.3 is 10.3 Å². The van der Waals surface area contributed by atoms with Gasteiger partial charge in [-0.05, 0) is 18.6 Å². The van der Waals surface area contributed by atoms with Crippen LogP contribution < -0.4 is 5.32 Å². The van der Waals surface area contributed by atoms with Crippen LogP contribution in [0.1, 0.15) is 17.0 Å². The van der Waals surface area contributed by atoms with Crippen LogP contribution in [0.25, 0.3) is 6.08 Å². The Morgan fingerprint density at radius 3 is 2.76 bits per heavy atom. The fraction of sp³-hybridized carbons (Fsp3) is 0.188. The van der Waals surface area contributed by atoms with Crippen LogP contribution in [0.3, 0.4) is 0 Å². The summed E-state index contributed by atoms with van der Waals surface area (Å²) in [6, 6.07) is 9.87. The van der Waals surface area contributed by atoms with Gasteiger partial charge in [-0.2, -0.15) is 0 Å². The molecule has 2 aromatic rings.